The molecule has 0 bridgehead atoms. The molecule has 1 aliphatic heterocycles. The van der Waals surface area contributed by atoms with Gasteiger partial charge in [0.2, 0.25) is 5.91 Å². The number of rotatable bonds is 4. The molecular formula is C20H23NO. The minimum atomic E-state index is 0.0156. The van der Waals surface area contributed by atoms with Gasteiger partial charge in [0.25, 0.3) is 0 Å². The highest BCUT2D eigenvalue weighted by Crippen LogP contribution is 2.39. The fraction of sp³-hybridized carbons (Fsp3) is 0.350. The van der Waals surface area contributed by atoms with Gasteiger partial charge in [-0.1, -0.05) is 74.5 Å². The van der Waals surface area contributed by atoms with E-state index in [0.29, 0.717) is 13.0 Å². The Morgan fingerprint density at radius 3 is 2.09 bits per heavy atom. The lowest BCUT2D eigenvalue weighted by Crippen LogP contribution is -2.39. The number of hydrogen-bond donors (Lipinski definition) is 0. The van der Waals surface area contributed by atoms with Crippen molar-refractivity contribution < 1.29 is 4.79 Å². The third-order valence-electron chi connectivity index (χ3n) is 4.67. The summed E-state index contributed by atoms with van der Waals surface area (Å²) in [4.78, 5) is 14.6. The number of carbonyl (C=O) groups excluding carboxylic acids is 1. The molecule has 1 saturated heterocycles. The van der Waals surface area contributed by atoms with Crippen LogP contribution < -0.4 is 0 Å². The van der Waals surface area contributed by atoms with Crippen LogP contribution in [-0.4, -0.2) is 16.8 Å². The number of hydrogen-bond acceptors (Lipinski definition) is 1. The smallest absolute Gasteiger partial charge is 0.223 e. The molecule has 3 rings (SSSR count). The Morgan fingerprint density at radius 2 is 1.50 bits per heavy atom. The van der Waals surface area contributed by atoms with Crippen LogP contribution in [0.5, 0.6) is 0 Å². The standard InChI is InChI=1S/C20H23NO/c1-20(2)14-19(22)21(15-17-11-7-4-8-12-17)18(20)13-16-9-5-3-6-10-16/h3-12,18H,13-15H2,1-2H3. The number of likely N-dealkylation sites (tertiary alicyclic amines) is 1. The summed E-state index contributed by atoms with van der Waals surface area (Å²) in [6, 6.07) is 21.0. The molecule has 2 aromatic carbocycles. The van der Waals surface area contributed by atoms with Crippen LogP contribution in [0.1, 0.15) is 31.4 Å². The number of amides is 1. The quantitative estimate of drug-likeness (QED) is 0.832. The fourth-order valence-electron chi connectivity index (χ4n) is 3.41. The highest BCUT2D eigenvalue weighted by Gasteiger charge is 2.45. The van der Waals surface area contributed by atoms with E-state index in [4.69, 9.17) is 0 Å². The first-order valence-corrected chi connectivity index (χ1v) is 7.93. The van der Waals surface area contributed by atoms with Crippen molar-refractivity contribution in [2.24, 2.45) is 5.41 Å². The fourth-order valence-corrected chi connectivity index (χ4v) is 3.41. The van der Waals surface area contributed by atoms with Crippen molar-refractivity contribution in [1.82, 2.24) is 4.90 Å². The molecule has 0 saturated carbocycles. The Bertz CT molecular complexity index is 633. The first-order chi connectivity index (χ1) is 10.6. The van der Waals surface area contributed by atoms with E-state index in [2.05, 4.69) is 55.1 Å². The Hall–Kier alpha value is -2.09. The van der Waals surface area contributed by atoms with E-state index in [-0.39, 0.29) is 17.4 Å². The molecule has 114 valence electrons. The highest BCUT2D eigenvalue weighted by molar-refractivity contribution is 5.80. The molecule has 0 spiro atoms. The summed E-state index contributed by atoms with van der Waals surface area (Å²) in [6.07, 6.45) is 1.56. The maximum absolute atomic E-state index is 12.5. The van der Waals surface area contributed by atoms with Gasteiger partial charge < -0.3 is 4.90 Å². The molecule has 1 aliphatic rings. The average molecular weight is 293 g/mol. The molecule has 0 aliphatic carbocycles. The van der Waals surface area contributed by atoms with Crippen molar-refractivity contribution in [2.75, 3.05) is 0 Å². The Balaban J connectivity index is 1.84. The lowest BCUT2D eigenvalue weighted by Gasteiger charge is -2.33. The SMILES string of the molecule is CC1(C)CC(=O)N(Cc2ccccc2)C1Cc1ccccc1. The molecule has 1 amide bonds. The minimum absolute atomic E-state index is 0.0156. The van der Waals surface area contributed by atoms with E-state index in [1.165, 1.54) is 11.1 Å². The van der Waals surface area contributed by atoms with Crippen molar-refractivity contribution in [1.29, 1.82) is 0 Å². The van der Waals surface area contributed by atoms with E-state index in [1.807, 2.05) is 24.3 Å². The van der Waals surface area contributed by atoms with Gasteiger partial charge in [-0.3, -0.25) is 4.79 Å². The molecule has 1 heterocycles. The maximum Gasteiger partial charge on any atom is 0.223 e. The summed E-state index contributed by atoms with van der Waals surface area (Å²) in [7, 11) is 0. The zero-order valence-electron chi connectivity index (χ0n) is 13.3. The molecule has 2 heteroatoms. The topological polar surface area (TPSA) is 20.3 Å². The van der Waals surface area contributed by atoms with Gasteiger partial charge >= 0.3 is 0 Å². The van der Waals surface area contributed by atoms with Crippen LogP contribution in [0.3, 0.4) is 0 Å². The molecule has 0 N–H and O–H groups in total. The summed E-state index contributed by atoms with van der Waals surface area (Å²) >= 11 is 0. The molecule has 0 aromatic heterocycles. The van der Waals surface area contributed by atoms with Crippen molar-refractivity contribution in [3.63, 3.8) is 0 Å². The Kier molecular flexibility index (Phi) is 4.02. The summed E-state index contributed by atoms with van der Waals surface area (Å²) in [6.45, 7) is 5.13. The van der Waals surface area contributed by atoms with Crippen LogP contribution in [-0.2, 0) is 17.8 Å². The molecule has 1 unspecified atom stereocenters. The first-order valence-electron chi connectivity index (χ1n) is 7.93. The monoisotopic (exact) mass is 293 g/mol. The van der Waals surface area contributed by atoms with Gasteiger partial charge in [0, 0.05) is 19.0 Å². The first kappa shape index (κ1) is 14.8. The second kappa shape index (κ2) is 5.96. The van der Waals surface area contributed by atoms with Gasteiger partial charge in [-0.05, 0) is 23.0 Å². The molecule has 1 fully saturated rings. The maximum atomic E-state index is 12.5. The van der Waals surface area contributed by atoms with Crippen LogP contribution >= 0.6 is 0 Å². The van der Waals surface area contributed by atoms with Crippen LogP contribution in [0.25, 0.3) is 0 Å². The van der Waals surface area contributed by atoms with Gasteiger partial charge in [-0.15, -0.1) is 0 Å². The minimum Gasteiger partial charge on any atom is -0.334 e. The molecule has 2 nitrogen and oxygen atoms in total. The molecule has 22 heavy (non-hydrogen) atoms. The van der Waals surface area contributed by atoms with Crippen LogP contribution in [0, 0.1) is 5.41 Å². The van der Waals surface area contributed by atoms with Crippen molar-refractivity contribution in [3.8, 4) is 0 Å². The van der Waals surface area contributed by atoms with E-state index in [1.54, 1.807) is 0 Å². The normalized spacial score (nSPS) is 20.4. The summed E-state index contributed by atoms with van der Waals surface area (Å²) < 4.78 is 0. The predicted molar refractivity (Wildman–Crippen MR) is 89.3 cm³/mol. The zero-order chi connectivity index (χ0) is 15.6. The lowest BCUT2D eigenvalue weighted by atomic mass is 9.81. The van der Waals surface area contributed by atoms with Crippen LogP contribution in [0.2, 0.25) is 0 Å². The van der Waals surface area contributed by atoms with Gasteiger partial charge in [-0.2, -0.15) is 0 Å². The van der Waals surface area contributed by atoms with Crippen LogP contribution in [0.4, 0.5) is 0 Å². The van der Waals surface area contributed by atoms with Gasteiger partial charge in [0.1, 0.15) is 0 Å². The zero-order valence-corrected chi connectivity index (χ0v) is 13.3. The second-order valence-electron chi connectivity index (χ2n) is 6.88. The number of carbonyl (C=O) groups is 1. The van der Waals surface area contributed by atoms with Crippen molar-refractivity contribution in [3.05, 3.63) is 71.8 Å². The molecule has 0 radical (unpaired) electrons. The van der Waals surface area contributed by atoms with Gasteiger partial charge in [0.15, 0.2) is 0 Å². The second-order valence-corrected chi connectivity index (χ2v) is 6.88. The predicted octanol–water partition coefficient (Wildman–Crippen LogP) is 4.06. The van der Waals surface area contributed by atoms with Crippen molar-refractivity contribution in [2.45, 2.75) is 39.3 Å². The summed E-state index contributed by atoms with van der Waals surface area (Å²) in [5.41, 5.74) is 2.52. The lowest BCUT2D eigenvalue weighted by molar-refractivity contribution is -0.129. The van der Waals surface area contributed by atoms with E-state index in [0.717, 1.165) is 6.42 Å². The molecular weight excluding hydrogens is 270 g/mol. The van der Waals surface area contributed by atoms with E-state index in [9.17, 15) is 4.79 Å². The largest absolute Gasteiger partial charge is 0.334 e. The Morgan fingerprint density at radius 1 is 0.955 bits per heavy atom. The average Bonchev–Trinajstić information content (AvgIpc) is 2.72. The summed E-state index contributed by atoms with van der Waals surface area (Å²) in [5, 5.41) is 0. The van der Waals surface area contributed by atoms with E-state index < -0.39 is 0 Å². The highest BCUT2D eigenvalue weighted by atomic mass is 16.2. The molecule has 2 aromatic rings. The van der Waals surface area contributed by atoms with Gasteiger partial charge in [0.05, 0.1) is 0 Å². The number of benzene rings is 2. The third kappa shape index (κ3) is 3.06. The third-order valence-corrected chi connectivity index (χ3v) is 4.67. The van der Waals surface area contributed by atoms with E-state index >= 15 is 0 Å². The molecule has 1 atom stereocenters. The van der Waals surface area contributed by atoms with Crippen molar-refractivity contribution >= 4 is 5.91 Å². The Labute approximate surface area is 132 Å². The summed E-state index contributed by atoms with van der Waals surface area (Å²) in [5.74, 6) is 0.273. The van der Waals surface area contributed by atoms with Gasteiger partial charge in [-0.25, -0.2) is 0 Å². The van der Waals surface area contributed by atoms with Crippen LogP contribution in [0.15, 0.2) is 60.7 Å². The number of nitrogens with zero attached hydrogens (tertiary/aromatic N) is 1.